The Morgan fingerprint density at radius 1 is 1.07 bits per heavy atom. The molecule has 0 aromatic heterocycles. The molecule has 28 heavy (non-hydrogen) atoms. The maximum atomic E-state index is 12.3. The minimum absolute atomic E-state index is 0.0198. The maximum Gasteiger partial charge on any atom is 0.321 e. The third-order valence-electron chi connectivity index (χ3n) is 4.62. The van der Waals surface area contributed by atoms with Crippen molar-refractivity contribution in [1.29, 1.82) is 0 Å². The minimum atomic E-state index is -0.105. The molecule has 6 heteroatoms. The van der Waals surface area contributed by atoms with Crippen molar-refractivity contribution in [3.05, 3.63) is 64.1 Å². The van der Waals surface area contributed by atoms with E-state index >= 15 is 0 Å². The number of nitrogens with one attached hydrogen (secondary N) is 2. The van der Waals surface area contributed by atoms with Gasteiger partial charge in [0.15, 0.2) is 0 Å². The Morgan fingerprint density at radius 2 is 1.75 bits per heavy atom. The molecule has 3 amide bonds. The number of carbonyl (C=O) groups excluding carboxylic acids is 2. The zero-order chi connectivity index (χ0) is 20.5. The van der Waals surface area contributed by atoms with Crippen LogP contribution in [-0.2, 0) is 11.2 Å². The molecular formula is C22H28BrN3O2. The molecule has 0 aliphatic carbocycles. The first-order valence-corrected chi connectivity index (χ1v) is 10.4. The normalized spacial score (nSPS) is 11.6. The molecule has 0 saturated heterocycles. The minimum Gasteiger partial charge on any atom is -0.350 e. The second-order valence-corrected chi connectivity index (χ2v) is 7.56. The molecule has 2 rings (SSSR count). The van der Waals surface area contributed by atoms with Crippen LogP contribution in [0.15, 0.2) is 53.0 Å². The SMILES string of the molecule is CCN(CC)C(=O)Nc1ccc(C(C)NC(=O)CCc2cccc(Br)c2)cc1. The lowest BCUT2D eigenvalue weighted by atomic mass is 10.1. The molecule has 2 aromatic rings. The lowest BCUT2D eigenvalue weighted by Gasteiger charge is -2.19. The summed E-state index contributed by atoms with van der Waals surface area (Å²) in [7, 11) is 0. The molecule has 0 bridgehead atoms. The van der Waals surface area contributed by atoms with Gasteiger partial charge in [-0.2, -0.15) is 0 Å². The highest BCUT2D eigenvalue weighted by Crippen LogP contribution is 2.17. The van der Waals surface area contributed by atoms with Crippen molar-refractivity contribution in [2.45, 2.75) is 39.7 Å². The van der Waals surface area contributed by atoms with Crippen molar-refractivity contribution in [3.8, 4) is 0 Å². The van der Waals surface area contributed by atoms with E-state index in [2.05, 4.69) is 26.6 Å². The van der Waals surface area contributed by atoms with Crippen LogP contribution in [0.1, 0.15) is 44.4 Å². The highest BCUT2D eigenvalue weighted by molar-refractivity contribution is 9.10. The highest BCUT2D eigenvalue weighted by Gasteiger charge is 2.12. The van der Waals surface area contributed by atoms with Gasteiger partial charge in [-0.15, -0.1) is 0 Å². The Balaban J connectivity index is 1.85. The lowest BCUT2D eigenvalue weighted by molar-refractivity contribution is -0.121. The van der Waals surface area contributed by atoms with Gasteiger partial charge in [0, 0.05) is 29.7 Å². The predicted octanol–water partition coefficient (Wildman–Crippen LogP) is 5.13. The van der Waals surface area contributed by atoms with Gasteiger partial charge in [0.25, 0.3) is 0 Å². The van der Waals surface area contributed by atoms with Gasteiger partial charge in [-0.3, -0.25) is 4.79 Å². The van der Waals surface area contributed by atoms with Crippen LogP contribution in [0.2, 0.25) is 0 Å². The van der Waals surface area contributed by atoms with Crippen molar-refractivity contribution < 1.29 is 9.59 Å². The van der Waals surface area contributed by atoms with E-state index in [0.717, 1.165) is 21.3 Å². The molecule has 0 saturated carbocycles. The van der Waals surface area contributed by atoms with Crippen LogP contribution in [0.4, 0.5) is 10.5 Å². The molecule has 5 nitrogen and oxygen atoms in total. The van der Waals surface area contributed by atoms with E-state index in [1.807, 2.05) is 69.3 Å². The monoisotopic (exact) mass is 445 g/mol. The summed E-state index contributed by atoms with van der Waals surface area (Å²) in [5.41, 5.74) is 2.87. The summed E-state index contributed by atoms with van der Waals surface area (Å²) < 4.78 is 1.02. The molecule has 0 radical (unpaired) electrons. The fourth-order valence-corrected chi connectivity index (χ4v) is 3.36. The van der Waals surface area contributed by atoms with E-state index in [0.29, 0.717) is 25.9 Å². The summed E-state index contributed by atoms with van der Waals surface area (Å²) in [5.74, 6) is 0.0198. The summed E-state index contributed by atoms with van der Waals surface area (Å²) >= 11 is 3.45. The average molecular weight is 446 g/mol. The van der Waals surface area contributed by atoms with Gasteiger partial charge in [0.05, 0.1) is 6.04 Å². The van der Waals surface area contributed by atoms with Crippen molar-refractivity contribution in [3.63, 3.8) is 0 Å². The van der Waals surface area contributed by atoms with Crippen LogP contribution in [0, 0.1) is 0 Å². The van der Waals surface area contributed by atoms with E-state index in [4.69, 9.17) is 0 Å². The summed E-state index contributed by atoms with van der Waals surface area (Å²) in [6, 6.07) is 15.4. The van der Waals surface area contributed by atoms with E-state index in [9.17, 15) is 9.59 Å². The quantitative estimate of drug-likeness (QED) is 0.591. The number of benzene rings is 2. The van der Waals surface area contributed by atoms with Crippen LogP contribution < -0.4 is 10.6 Å². The van der Waals surface area contributed by atoms with Gasteiger partial charge in [0.1, 0.15) is 0 Å². The molecule has 2 aromatic carbocycles. The summed E-state index contributed by atoms with van der Waals surface area (Å²) in [4.78, 5) is 26.1. The smallest absolute Gasteiger partial charge is 0.321 e. The van der Waals surface area contributed by atoms with Crippen molar-refractivity contribution in [1.82, 2.24) is 10.2 Å². The summed E-state index contributed by atoms with van der Waals surface area (Å²) in [6.45, 7) is 7.20. The number of rotatable bonds is 8. The number of aryl methyl sites for hydroxylation is 1. The molecule has 0 heterocycles. The third kappa shape index (κ3) is 6.68. The molecular weight excluding hydrogens is 418 g/mol. The first-order valence-electron chi connectivity index (χ1n) is 9.62. The zero-order valence-electron chi connectivity index (χ0n) is 16.7. The van der Waals surface area contributed by atoms with E-state index < -0.39 is 0 Å². The van der Waals surface area contributed by atoms with E-state index in [1.54, 1.807) is 4.90 Å². The highest BCUT2D eigenvalue weighted by atomic mass is 79.9. The Hall–Kier alpha value is -2.34. The van der Waals surface area contributed by atoms with Crippen LogP contribution in [0.5, 0.6) is 0 Å². The van der Waals surface area contributed by atoms with Crippen LogP contribution in [-0.4, -0.2) is 29.9 Å². The molecule has 2 N–H and O–H groups in total. The van der Waals surface area contributed by atoms with Gasteiger partial charge in [-0.25, -0.2) is 4.79 Å². The molecule has 150 valence electrons. The van der Waals surface area contributed by atoms with Crippen molar-refractivity contribution in [2.75, 3.05) is 18.4 Å². The van der Waals surface area contributed by atoms with Gasteiger partial charge in [0.2, 0.25) is 5.91 Å². The van der Waals surface area contributed by atoms with Gasteiger partial charge < -0.3 is 15.5 Å². The molecule has 1 atom stereocenters. The van der Waals surface area contributed by atoms with E-state index in [1.165, 1.54) is 0 Å². The van der Waals surface area contributed by atoms with Crippen LogP contribution in [0.3, 0.4) is 0 Å². The number of hydrogen-bond acceptors (Lipinski definition) is 2. The number of nitrogens with zero attached hydrogens (tertiary/aromatic N) is 1. The number of carbonyl (C=O) groups is 2. The van der Waals surface area contributed by atoms with Crippen LogP contribution in [0.25, 0.3) is 0 Å². The Labute approximate surface area is 175 Å². The van der Waals surface area contributed by atoms with Gasteiger partial charge in [-0.05, 0) is 62.6 Å². The van der Waals surface area contributed by atoms with Crippen molar-refractivity contribution >= 4 is 33.6 Å². The Morgan fingerprint density at radius 3 is 2.36 bits per heavy atom. The topological polar surface area (TPSA) is 61.4 Å². The Kier molecular flexibility index (Phi) is 8.51. The lowest BCUT2D eigenvalue weighted by Crippen LogP contribution is -2.34. The van der Waals surface area contributed by atoms with Gasteiger partial charge >= 0.3 is 6.03 Å². The number of amides is 3. The fraction of sp³-hybridized carbons (Fsp3) is 0.364. The number of anilines is 1. The average Bonchev–Trinajstić information content (AvgIpc) is 2.68. The maximum absolute atomic E-state index is 12.3. The van der Waals surface area contributed by atoms with Crippen molar-refractivity contribution in [2.24, 2.45) is 0 Å². The van der Waals surface area contributed by atoms with Gasteiger partial charge in [-0.1, -0.05) is 40.2 Å². The van der Waals surface area contributed by atoms with E-state index in [-0.39, 0.29) is 18.0 Å². The first-order chi connectivity index (χ1) is 13.4. The molecule has 0 fully saturated rings. The molecule has 0 aliphatic heterocycles. The fourth-order valence-electron chi connectivity index (χ4n) is 2.92. The molecule has 1 unspecified atom stereocenters. The first kappa shape index (κ1) is 22.0. The standard InChI is InChI=1S/C22H28BrN3O2/c1-4-26(5-2)22(28)25-20-12-10-18(11-13-20)16(3)24-21(27)14-9-17-7-6-8-19(23)15-17/h6-8,10-13,15-16H,4-5,9,14H2,1-3H3,(H,24,27)(H,25,28). The summed E-state index contributed by atoms with van der Waals surface area (Å²) in [5, 5.41) is 5.92. The summed E-state index contributed by atoms with van der Waals surface area (Å²) in [6.07, 6.45) is 1.15. The number of halogens is 1. The third-order valence-corrected chi connectivity index (χ3v) is 5.11. The number of urea groups is 1. The molecule has 0 aliphatic rings. The largest absolute Gasteiger partial charge is 0.350 e. The molecule has 0 spiro atoms. The number of hydrogen-bond donors (Lipinski definition) is 2. The second-order valence-electron chi connectivity index (χ2n) is 6.64. The second kappa shape index (κ2) is 10.9. The predicted molar refractivity (Wildman–Crippen MR) is 117 cm³/mol. The Bertz CT molecular complexity index is 789. The van der Waals surface area contributed by atoms with Crippen LogP contribution >= 0.6 is 15.9 Å². The zero-order valence-corrected chi connectivity index (χ0v) is 18.3.